The number of likely N-dealkylation sites (tertiary alicyclic amines) is 1. The van der Waals surface area contributed by atoms with Crippen LogP contribution in [0.1, 0.15) is 45.4 Å². The number of aliphatic hydroxyl groups excluding tert-OH is 1. The Balaban J connectivity index is 2.23. The number of hydrogen-bond acceptors (Lipinski definition) is 3. The quantitative estimate of drug-likeness (QED) is 0.748. The van der Waals surface area contributed by atoms with E-state index in [9.17, 15) is 4.79 Å². The molecule has 2 amide bonds. The van der Waals surface area contributed by atoms with Gasteiger partial charge in [-0.05, 0) is 52.6 Å². The second-order valence-corrected chi connectivity index (χ2v) is 6.06. The van der Waals surface area contributed by atoms with Crippen LogP contribution in [-0.2, 0) is 0 Å². The van der Waals surface area contributed by atoms with Gasteiger partial charge in [0.2, 0.25) is 0 Å². The minimum atomic E-state index is -0.00565. The Morgan fingerprint density at radius 2 is 2.25 bits per heavy atom. The molecule has 2 unspecified atom stereocenters. The highest BCUT2D eigenvalue weighted by molar-refractivity contribution is 5.74. The number of rotatable bonds is 7. The van der Waals surface area contributed by atoms with Crippen LogP contribution < -0.4 is 5.32 Å². The molecule has 0 aromatic carbocycles. The van der Waals surface area contributed by atoms with Crippen LogP contribution in [0.25, 0.3) is 0 Å². The highest BCUT2D eigenvalue weighted by Crippen LogP contribution is 2.17. The molecule has 0 aliphatic carbocycles. The molecule has 1 saturated heterocycles. The first-order valence-electron chi connectivity index (χ1n) is 7.87. The summed E-state index contributed by atoms with van der Waals surface area (Å²) in [7, 11) is 4.04. The fourth-order valence-corrected chi connectivity index (χ4v) is 2.74. The van der Waals surface area contributed by atoms with Crippen molar-refractivity contribution < 1.29 is 9.90 Å². The van der Waals surface area contributed by atoms with E-state index in [4.69, 9.17) is 5.11 Å². The van der Waals surface area contributed by atoms with Crippen LogP contribution in [0.2, 0.25) is 0 Å². The highest BCUT2D eigenvalue weighted by Gasteiger charge is 2.20. The van der Waals surface area contributed by atoms with E-state index in [0.29, 0.717) is 6.04 Å². The van der Waals surface area contributed by atoms with Crippen molar-refractivity contribution in [2.45, 2.75) is 57.5 Å². The fraction of sp³-hybridized carbons (Fsp3) is 0.933. The molecule has 5 heteroatoms. The van der Waals surface area contributed by atoms with Gasteiger partial charge < -0.3 is 20.2 Å². The molecular weight excluding hydrogens is 254 g/mol. The second-order valence-electron chi connectivity index (χ2n) is 6.06. The molecule has 1 rings (SSSR count). The third-order valence-corrected chi connectivity index (χ3v) is 4.23. The minimum absolute atomic E-state index is 0.00565. The summed E-state index contributed by atoms with van der Waals surface area (Å²) in [6.07, 6.45) is 6.46. The summed E-state index contributed by atoms with van der Waals surface area (Å²) in [6, 6.07) is 0.731. The molecule has 1 fully saturated rings. The number of carbonyl (C=O) groups excluding carboxylic acids is 1. The molecule has 5 nitrogen and oxygen atoms in total. The lowest BCUT2D eigenvalue weighted by Gasteiger charge is -2.33. The Morgan fingerprint density at radius 1 is 1.50 bits per heavy atom. The number of carbonyl (C=O) groups is 1. The van der Waals surface area contributed by atoms with E-state index in [2.05, 4.69) is 17.3 Å². The Kier molecular flexibility index (Phi) is 7.92. The van der Waals surface area contributed by atoms with Gasteiger partial charge in [0.05, 0.1) is 0 Å². The number of hydrogen-bond donors (Lipinski definition) is 2. The minimum Gasteiger partial charge on any atom is -0.396 e. The third-order valence-electron chi connectivity index (χ3n) is 4.23. The molecule has 0 aromatic rings. The van der Waals surface area contributed by atoms with Crippen molar-refractivity contribution in [3.05, 3.63) is 0 Å². The normalized spacial score (nSPS) is 21.5. The summed E-state index contributed by atoms with van der Waals surface area (Å²) in [4.78, 5) is 16.2. The van der Waals surface area contributed by atoms with Crippen molar-refractivity contribution in [3.8, 4) is 0 Å². The van der Waals surface area contributed by atoms with Crippen molar-refractivity contribution in [1.82, 2.24) is 15.1 Å². The predicted molar refractivity (Wildman–Crippen MR) is 81.8 cm³/mol. The van der Waals surface area contributed by atoms with Gasteiger partial charge >= 0.3 is 6.03 Å². The summed E-state index contributed by atoms with van der Waals surface area (Å²) < 4.78 is 0. The van der Waals surface area contributed by atoms with E-state index in [-0.39, 0.29) is 18.7 Å². The monoisotopic (exact) mass is 285 g/mol. The van der Waals surface area contributed by atoms with Crippen molar-refractivity contribution in [2.24, 2.45) is 0 Å². The molecule has 0 radical (unpaired) electrons. The number of piperidine rings is 1. The molecule has 2 atom stereocenters. The zero-order valence-corrected chi connectivity index (χ0v) is 13.3. The number of aliphatic hydroxyl groups is 1. The molecule has 0 aromatic heterocycles. The lowest BCUT2D eigenvalue weighted by Crippen LogP contribution is -2.44. The highest BCUT2D eigenvalue weighted by atomic mass is 16.3. The lowest BCUT2D eigenvalue weighted by atomic mass is 10.00. The molecule has 0 bridgehead atoms. The van der Waals surface area contributed by atoms with Gasteiger partial charge in [-0.15, -0.1) is 0 Å². The Labute approximate surface area is 123 Å². The summed E-state index contributed by atoms with van der Waals surface area (Å²) >= 11 is 0. The van der Waals surface area contributed by atoms with Crippen LogP contribution in [0, 0.1) is 0 Å². The van der Waals surface area contributed by atoms with Gasteiger partial charge in [-0.3, -0.25) is 0 Å². The Hall–Kier alpha value is -0.810. The van der Waals surface area contributed by atoms with Crippen LogP contribution in [0.15, 0.2) is 0 Å². The predicted octanol–water partition coefficient (Wildman–Crippen LogP) is 1.66. The van der Waals surface area contributed by atoms with Gasteiger partial charge in [0.1, 0.15) is 0 Å². The molecule has 1 heterocycles. The third kappa shape index (κ3) is 6.09. The van der Waals surface area contributed by atoms with Crippen molar-refractivity contribution >= 4 is 6.03 Å². The summed E-state index contributed by atoms with van der Waals surface area (Å²) in [5.74, 6) is 0. The molecule has 0 spiro atoms. The standard InChI is InChI=1S/C15H31N3O2/c1-13(7-6-12-19)16-15(20)18(3)11-9-14-8-4-5-10-17(14)2/h13-14,19H,4-12H2,1-3H3,(H,16,20). The smallest absolute Gasteiger partial charge is 0.317 e. The molecule has 1 aliphatic rings. The van der Waals surface area contributed by atoms with Crippen LogP contribution in [-0.4, -0.2) is 66.8 Å². The van der Waals surface area contributed by atoms with Gasteiger partial charge in [-0.2, -0.15) is 0 Å². The van der Waals surface area contributed by atoms with Crippen LogP contribution >= 0.6 is 0 Å². The van der Waals surface area contributed by atoms with Gasteiger partial charge in [0, 0.05) is 32.3 Å². The molecule has 0 saturated carbocycles. The van der Waals surface area contributed by atoms with E-state index >= 15 is 0 Å². The summed E-state index contributed by atoms with van der Waals surface area (Å²) in [6.45, 7) is 4.15. The Bertz CT molecular complexity index is 286. The van der Waals surface area contributed by atoms with Gasteiger partial charge in [0.15, 0.2) is 0 Å². The average molecular weight is 285 g/mol. The average Bonchev–Trinajstić information content (AvgIpc) is 2.43. The largest absolute Gasteiger partial charge is 0.396 e. The first kappa shape index (κ1) is 17.2. The summed E-state index contributed by atoms with van der Waals surface area (Å²) in [5, 5.41) is 11.8. The number of nitrogens with zero attached hydrogens (tertiary/aromatic N) is 2. The van der Waals surface area contributed by atoms with Gasteiger partial charge in [-0.1, -0.05) is 6.42 Å². The van der Waals surface area contributed by atoms with Crippen molar-refractivity contribution in [3.63, 3.8) is 0 Å². The first-order valence-corrected chi connectivity index (χ1v) is 7.87. The zero-order valence-electron chi connectivity index (χ0n) is 13.3. The van der Waals surface area contributed by atoms with Crippen LogP contribution in [0.3, 0.4) is 0 Å². The fourth-order valence-electron chi connectivity index (χ4n) is 2.74. The molecule has 118 valence electrons. The Morgan fingerprint density at radius 3 is 2.90 bits per heavy atom. The number of nitrogens with one attached hydrogen (secondary N) is 1. The maximum Gasteiger partial charge on any atom is 0.317 e. The van der Waals surface area contributed by atoms with E-state index in [1.54, 1.807) is 4.90 Å². The maximum atomic E-state index is 12.0. The van der Waals surface area contributed by atoms with Crippen LogP contribution in [0.5, 0.6) is 0 Å². The van der Waals surface area contributed by atoms with E-state index in [1.807, 2.05) is 14.0 Å². The van der Waals surface area contributed by atoms with Crippen molar-refractivity contribution in [1.29, 1.82) is 0 Å². The summed E-state index contributed by atoms with van der Waals surface area (Å²) in [5.41, 5.74) is 0. The molecule has 2 N–H and O–H groups in total. The molecule has 20 heavy (non-hydrogen) atoms. The topological polar surface area (TPSA) is 55.8 Å². The number of amides is 2. The van der Waals surface area contributed by atoms with Gasteiger partial charge in [-0.25, -0.2) is 4.79 Å². The zero-order chi connectivity index (χ0) is 15.0. The van der Waals surface area contributed by atoms with E-state index < -0.39 is 0 Å². The van der Waals surface area contributed by atoms with Crippen molar-refractivity contribution in [2.75, 3.05) is 33.8 Å². The number of urea groups is 1. The van der Waals surface area contributed by atoms with Crippen LogP contribution in [0.4, 0.5) is 4.79 Å². The second kappa shape index (κ2) is 9.19. The van der Waals surface area contributed by atoms with E-state index in [0.717, 1.165) is 25.8 Å². The maximum absolute atomic E-state index is 12.0. The molecular formula is C15H31N3O2. The first-order chi connectivity index (χ1) is 9.54. The van der Waals surface area contributed by atoms with E-state index in [1.165, 1.54) is 25.8 Å². The van der Waals surface area contributed by atoms with Gasteiger partial charge in [0.25, 0.3) is 0 Å². The SMILES string of the molecule is CC(CCCO)NC(=O)N(C)CCC1CCCCN1C. The molecule has 1 aliphatic heterocycles. The lowest BCUT2D eigenvalue weighted by molar-refractivity contribution is 0.159.